The van der Waals surface area contributed by atoms with E-state index in [4.69, 9.17) is 5.26 Å². The van der Waals surface area contributed by atoms with Gasteiger partial charge in [0, 0.05) is 0 Å². The lowest BCUT2D eigenvalue weighted by Crippen LogP contribution is -2.20. The average Bonchev–Trinajstić information content (AvgIpc) is 2.11. The van der Waals surface area contributed by atoms with Gasteiger partial charge < -0.3 is 0 Å². The third-order valence-corrected chi connectivity index (χ3v) is 2.42. The van der Waals surface area contributed by atoms with E-state index in [1.54, 1.807) is 0 Å². The Morgan fingerprint density at radius 1 is 1.62 bits per heavy atom. The normalized spacial score (nSPS) is 14.0. The molecular weight excluding hydrogens is 182 g/mol. The minimum Gasteiger partial charge on any atom is -0.272 e. The molecule has 0 aromatic rings. The lowest BCUT2D eigenvalue weighted by molar-refractivity contribution is 0.483. The van der Waals surface area contributed by atoms with E-state index in [1.807, 2.05) is 12.4 Å². The molecule has 0 aliphatic carbocycles. The Morgan fingerprint density at radius 2 is 2.23 bits per heavy atom. The van der Waals surface area contributed by atoms with E-state index in [2.05, 4.69) is 31.1 Å². The van der Waals surface area contributed by atoms with E-state index in [0.29, 0.717) is 17.1 Å². The van der Waals surface area contributed by atoms with Crippen molar-refractivity contribution in [1.82, 2.24) is 5.32 Å². The summed E-state index contributed by atoms with van der Waals surface area (Å²) in [6.45, 7) is 6.39. The second-order valence-electron chi connectivity index (χ2n) is 3.09. The molecule has 0 aromatic heterocycles. The van der Waals surface area contributed by atoms with Crippen molar-refractivity contribution in [2.24, 2.45) is 10.9 Å². The monoisotopic (exact) mass is 199 g/mol. The third kappa shape index (κ3) is 4.79. The van der Waals surface area contributed by atoms with E-state index in [-0.39, 0.29) is 0 Å². The Hall–Kier alpha value is -0.690. The van der Waals surface area contributed by atoms with Gasteiger partial charge in [-0.05, 0) is 18.6 Å². The summed E-state index contributed by atoms with van der Waals surface area (Å²) in [7, 11) is 0. The van der Waals surface area contributed by atoms with Crippen LogP contribution in [0.5, 0.6) is 0 Å². The number of hydrogen-bond donors (Lipinski definition) is 1. The molecule has 74 valence electrons. The van der Waals surface area contributed by atoms with E-state index in [1.165, 1.54) is 11.8 Å². The maximum Gasteiger partial charge on any atom is 0.183 e. The van der Waals surface area contributed by atoms with Crippen LogP contribution in [0.25, 0.3) is 0 Å². The molecule has 0 heterocycles. The van der Waals surface area contributed by atoms with Crippen LogP contribution in [0.2, 0.25) is 0 Å². The zero-order valence-electron chi connectivity index (χ0n) is 8.66. The molecule has 0 spiro atoms. The molecule has 0 radical (unpaired) electrons. The molecule has 13 heavy (non-hydrogen) atoms. The number of thioether (sulfide) groups is 1. The van der Waals surface area contributed by atoms with Gasteiger partial charge in [-0.3, -0.25) is 10.3 Å². The van der Waals surface area contributed by atoms with Crippen LogP contribution >= 0.6 is 11.8 Å². The third-order valence-electron chi connectivity index (χ3n) is 1.83. The minimum absolute atomic E-state index is 0.309. The van der Waals surface area contributed by atoms with Gasteiger partial charge >= 0.3 is 0 Å². The Balaban J connectivity index is 4.36. The molecule has 0 aromatic carbocycles. The topological polar surface area (TPSA) is 48.2 Å². The molecule has 0 saturated carbocycles. The molecule has 0 amide bonds. The van der Waals surface area contributed by atoms with Crippen molar-refractivity contribution in [1.29, 1.82) is 5.26 Å². The standard InChI is InChI=1S/C9H17N3S/c1-5-8(7(2)3)12-9(13-4)11-6-10/h7-8H,5H2,1-4H3,(H,11,12). The largest absolute Gasteiger partial charge is 0.272 e. The number of hydrogen-bond acceptors (Lipinski definition) is 3. The molecule has 3 nitrogen and oxygen atoms in total. The van der Waals surface area contributed by atoms with Crippen molar-refractivity contribution in [3.05, 3.63) is 0 Å². The highest BCUT2D eigenvalue weighted by Gasteiger charge is 2.10. The summed E-state index contributed by atoms with van der Waals surface area (Å²) >= 11 is 1.47. The summed E-state index contributed by atoms with van der Waals surface area (Å²) in [4.78, 5) is 4.45. The van der Waals surface area contributed by atoms with Gasteiger partial charge in [-0.25, -0.2) is 0 Å². The number of aliphatic imine (C=N–C) groups is 1. The molecular formula is C9H17N3S. The zero-order chi connectivity index (χ0) is 10.3. The molecule has 1 N–H and O–H groups in total. The van der Waals surface area contributed by atoms with Gasteiger partial charge in [-0.1, -0.05) is 32.5 Å². The van der Waals surface area contributed by atoms with Gasteiger partial charge in [0.25, 0.3) is 0 Å². The summed E-state index contributed by atoms with van der Waals surface area (Å²) < 4.78 is 0. The summed E-state index contributed by atoms with van der Waals surface area (Å²) in [5.41, 5.74) is 0. The second-order valence-corrected chi connectivity index (χ2v) is 3.89. The average molecular weight is 199 g/mol. The molecule has 0 saturated heterocycles. The summed E-state index contributed by atoms with van der Waals surface area (Å²) in [5, 5.41) is 11.7. The van der Waals surface area contributed by atoms with Crippen LogP contribution in [-0.4, -0.2) is 17.5 Å². The Bertz CT molecular complexity index is 205. The molecule has 4 heteroatoms. The summed E-state index contributed by atoms with van der Waals surface area (Å²) in [6, 6.07) is 0.309. The van der Waals surface area contributed by atoms with Gasteiger partial charge in [-0.2, -0.15) is 5.26 Å². The molecule has 0 bridgehead atoms. The first-order valence-corrected chi connectivity index (χ1v) is 5.65. The van der Waals surface area contributed by atoms with Crippen molar-refractivity contribution in [3.63, 3.8) is 0 Å². The lowest BCUT2D eigenvalue weighted by atomic mass is 10.0. The fourth-order valence-corrected chi connectivity index (χ4v) is 1.43. The number of nitrogens with zero attached hydrogens (tertiary/aromatic N) is 2. The number of nitrogens with one attached hydrogen (secondary N) is 1. The van der Waals surface area contributed by atoms with Gasteiger partial charge in [0.15, 0.2) is 11.4 Å². The number of amidine groups is 1. The molecule has 0 aliphatic heterocycles. The van der Waals surface area contributed by atoms with Crippen LogP contribution in [0.1, 0.15) is 27.2 Å². The Kier molecular flexibility index (Phi) is 6.43. The van der Waals surface area contributed by atoms with E-state index in [0.717, 1.165) is 6.42 Å². The van der Waals surface area contributed by atoms with Gasteiger partial charge in [0.2, 0.25) is 0 Å². The number of rotatable bonds is 3. The highest BCUT2D eigenvalue weighted by Crippen LogP contribution is 2.11. The molecule has 0 rings (SSSR count). The van der Waals surface area contributed by atoms with Gasteiger partial charge in [0.05, 0.1) is 6.04 Å². The Morgan fingerprint density at radius 3 is 2.54 bits per heavy atom. The first-order valence-electron chi connectivity index (χ1n) is 4.42. The smallest absolute Gasteiger partial charge is 0.183 e. The van der Waals surface area contributed by atoms with Crippen molar-refractivity contribution in [3.8, 4) is 6.19 Å². The molecule has 1 atom stereocenters. The van der Waals surface area contributed by atoms with Crippen LogP contribution in [0, 0.1) is 17.4 Å². The van der Waals surface area contributed by atoms with Crippen LogP contribution in [-0.2, 0) is 0 Å². The maximum absolute atomic E-state index is 8.44. The van der Waals surface area contributed by atoms with Crippen LogP contribution < -0.4 is 5.32 Å². The highest BCUT2D eigenvalue weighted by molar-refractivity contribution is 8.13. The molecule has 0 aliphatic rings. The van der Waals surface area contributed by atoms with Crippen molar-refractivity contribution < 1.29 is 0 Å². The fourth-order valence-electron chi connectivity index (χ4n) is 1.05. The van der Waals surface area contributed by atoms with Crippen molar-refractivity contribution >= 4 is 16.9 Å². The summed E-state index contributed by atoms with van der Waals surface area (Å²) in [5.74, 6) is 0.521. The molecule has 0 fully saturated rings. The fraction of sp³-hybridized carbons (Fsp3) is 0.778. The second kappa shape index (κ2) is 6.79. The number of nitriles is 1. The predicted molar refractivity (Wildman–Crippen MR) is 58.6 cm³/mol. The quantitative estimate of drug-likeness (QED) is 0.328. The summed E-state index contributed by atoms with van der Waals surface area (Å²) in [6.07, 6.45) is 4.81. The maximum atomic E-state index is 8.44. The van der Waals surface area contributed by atoms with Crippen molar-refractivity contribution in [2.45, 2.75) is 33.2 Å². The first-order chi connectivity index (χ1) is 6.15. The van der Waals surface area contributed by atoms with E-state index < -0.39 is 0 Å². The van der Waals surface area contributed by atoms with Crippen LogP contribution in [0.4, 0.5) is 0 Å². The van der Waals surface area contributed by atoms with Gasteiger partial charge in [-0.15, -0.1) is 0 Å². The predicted octanol–water partition coefficient (Wildman–Crippen LogP) is 2.21. The lowest BCUT2D eigenvalue weighted by Gasteiger charge is -2.14. The Labute approximate surface area is 84.6 Å². The molecule has 1 unspecified atom stereocenters. The van der Waals surface area contributed by atoms with Crippen LogP contribution in [0.3, 0.4) is 0 Å². The van der Waals surface area contributed by atoms with E-state index >= 15 is 0 Å². The van der Waals surface area contributed by atoms with E-state index in [9.17, 15) is 0 Å². The zero-order valence-corrected chi connectivity index (χ0v) is 9.48. The SMILES string of the molecule is CCC(N=C(NC#N)SC)C(C)C. The van der Waals surface area contributed by atoms with Gasteiger partial charge in [0.1, 0.15) is 0 Å². The highest BCUT2D eigenvalue weighted by atomic mass is 32.2. The van der Waals surface area contributed by atoms with Crippen LogP contribution in [0.15, 0.2) is 4.99 Å². The minimum atomic E-state index is 0.309. The first kappa shape index (κ1) is 12.3. The van der Waals surface area contributed by atoms with Crippen molar-refractivity contribution in [2.75, 3.05) is 6.26 Å².